The molecule has 3 aromatic rings. The highest BCUT2D eigenvalue weighted by Crippen LogP contribution is 2.33. The van der Waals surface area contributed by atoms with E-state index in [1.165, 1.54) is 0 Å². The highest BCUT2D eigenvalue weighted by molar-refractivity contribution is 5.99. The van der Waals surface area contributed by atoms with Crippen molar-refractivity contribution in [3.8, 4) is 5.75 Å². The summed E-state index contributed by atoms with van der Waals surface area (Å²) >= 11 is 0. The number of rotatable bonds is 3. The molecule has 1 amide bonds. The first-order valence-electron chi connectivity index (χ1n) is 9.22. The molecule has 1 aliphatic rings. The fourth-order valence-electron chi connectivity index (χ4n) is 3.94. The summed E-state index contributed by atoms with van der Waals surface area (Å²) in [6, 6.07) is 17.5. The minimum absolute atomic E-state index is 0.00257. The first kappa shape index (κ1) is 17.6. The summed E-state index contributed by atoms with van der Waals surface area (Å²) in [4.78, 5) is 14.9. The number of methoxy groups -OCH3 is 1. The molecule has 0 spiro atoms. The molecule has 2 aromatic carbocycles. The standard InChI is InChI=1S/C22H24N2O3/c1-23-19-9-8-18(27-2)14-16(19)15-20(23)21(25)24-12-10-22(26,11-13-24)17-6-4-3-5-7-17/h3-9,14-15,26H,10-13H2,1-2H3. The van der Waals surface area contributed by atoms with E-state index in [4.69, 9.17) is 4.74 Å². The van der Waals surface area contributed by atoms with Gasteiger partial charge in [-0.1, -0.05) is 30.3 Å². The zero-order valence-corrected chi connectivity index (χ0v) is 15.7. The Bertz CT molecular complexity index is 970. The Balaban J connectivity index is 1.54. The molecule has 0 aliphatic carbocycles. The Morgan fingerprint density at radius 3 is 2.44 bits per heavy atom. The molecule has 0 atom stereocenters. The number of hydrogen-bond donors (Lipinski definition) is 1. The van der Waals surface area contributed by atoms with Crippen LogP contribution in [-0.4, -0.2) is 40.7 Å². The van der Waals surface area contributed by atoms with Gasteiger partial charge in [0.1, 0.15) is 11.4 Å². The molecular formula is C22H24N2O3. The Kier molecular flexibility index (Phi) is 4.40. The predicted molar refractivity (Wildman–Crippen MR) is 105 cm³/mol. The third kappa shape index (κ3) is 3.08. The molecule has 5 nitrogen and oxygen atoms in total. The maximum Gasteiger partial charge on any atom is 0.270 e. The van der Waals surface area contributed by atoms with Gasteiger partial charge in [-0.2, -0.15) is 0 Å². The molecule has 2 heterocycles. The number of benzene rings is 2. The molecule has 0 saturated carbocycles. The Morgan fingerprint density at radius 1 is 1.07 bits per heavy atom. The van der Waals surface area contributed by atoms with E-state index in [-0.39, 0.29) is 5.91 Å². The monoisotopic (exact) mass is 364 g/mol. The predicted octanol–water partition coefficient (Wildman–Crippen LogP) is 3.31. The second kappa shape index (κ2) is 6.74. The first-order valence-corrected chi connectivity index (χ1v) is 9.22. The normalized spacial score (nSPS) is 16.5. The molecule has 4 rings (SSSR count). The van der Waals surface area contributed by atoms with Gasteiger partial charge in [-0.05, 0) is 42.7 Å². The minimum atomic E-state index is -0.857. The molecule has 1 saturated heterocycles. The van der Waals surface area contributed by atoms with Crippen molar-refractivity contribution < 1.29 is 14.6 Å². The van der Waals surface area contributed by atoms with E-state index in [2.05, 4.69) is 0 Å². The fourth-order valence-corrected chi connectivity index (χ4v) is 3.94. The lowest BCUT2D eigenvalue weighted by Gasteiger charge is -2.38. The molecule has 5 heteroatoms. The molecule has 1 aliphatic heterocycles. The number of likely N-dealkylation sites (tertiary alicyclic amines) is 1. The summed E-state index contributed by atoms with van der Waals surface area (Å²) in [5, 5.41) is 12.0. The highest BCUT2D eigenvalue weighted by Gasteiger charge is 2.36. The largest absolute Gasteiger partial charge is 0.497 e. The van der Waals surface area contributed by atoms with Crippen LogP contribution in [0.15, 0.2) is 54.6 Å². The topological polar surface area (TPSA) is 54.7 Å². The van der Waals surface area contributed by atoms with Crippen molar-refractivity contribution in [3.05, 3.63) is 65.9 Å². The third-order valence-electron chi connectivity index (χ3n) is 5.66. The Labute approximate surface area is 158 Å². The van der Waals surface area contributed by atoms with Crippen LogP contribution >= 0.6 is 0 Å². The number of nitrogens with zero attached hydrogens (tertiary/aromatic N) is 2. The highest BCUT2D eigenvalue weighted by atomic mass is 16.5. The van der Waals surface area contributed by atoms with Crippen molar-refractivity contribution in [1.29, 1.82) is 0 Å². The quantitative estimate of drug-likeness (QED) is 0.776. The molecule has 0 bridgehead atoms. The zero-order valence-electron chi connectivity index (χ0n) is 15.7. The number of amides is 1. The van der Waals surface area contributed by atoms with Crippen molar-refractivity contribution in [2.45, 2.75) is 18.4 Å². The molecule has 0 unspecified atom stereocenters. The lowest BCUT2D eigenvalue weighted by Crippen LogP contribution is -2.45. The number of fused-ring (bicyclic) bond motifs is 1. The third-order valence-corrected chi connectivity index (χ3v) is 5.66. The van der Waals surface area contributed by atoms with Gasteiger partial charge >= 0.3 is 0 Å². The number of piperidine rings is 1. The van der Waals surface area contributed by atoms with E-state index in [9.17, 15) is 9.90 Å². The molecule has 27 heavy (non-hydrogen) atoms. The lowest BCUT2D eigenvalue weighted by atomic mass is 9.84. The van der Waals surface area contributed by atoms with Crippen LogP contribution in [0.5, 0.6) is 5.75 Å². The number of aryl methyl sites for hydroxylation is 1. The average Bonchev–Trinajstić information content (AvgIpc) is 3.04. The SMILES string of the molecule is COc1ccc2c(c1)cc(C(=O)N1CCC(O)(c3ccccc3)CC1)n2C. The van der Waals surface area contributed by atoms with Gasteiger partial charge < -0.3 is 19.3 Å². The van der Waals surface area contributed by atoms with Gasteiger partial charge in [0.15, 0.2) is 0 Å². The first-order chi connectivity index (χ1) is 13.0. The number of aliphatic hydroxyl groups is 1. The van der Waals surface area contributed by atoms with Crippen LogP contribution in [0.3, 0.4) is 0 Å². The average molecular weight is 364 g/mol. The van der Waals surface area contributed by atoms with Crippen LogP contribution in [0, 0.1) is 0 Å². The van der Waals surface area contributed by atoms with Crippen molar-refractivity contribution in [2.75, 3.05) is 20.2 Å². The van der Waals surface area contributed by atoms with E-state index >= 15 is 0 Å². The van der Waals surface area contributed by atoms with Crippen LogP contribution < -0.4 is 4.74 Å². The summed E-state index contributed by atoms with van der Waals surface area (Å²) in [6.07, 6.45) is 1.08. The molecule has 0 radical (unpaired) electrons. The zero-order chi connectivity index (χ0) is 19.0. The number of aromatic nitrogens is 1. The minimum Gasteiger partial charge on any atom is -0.497 e. The molecular weight excluding hydrogens is 340 g/mol. The number of carbonyl (C=O) groups is 1. The second-order valence-electron chi connectivity index (χ2n) is 7.20. The summed E-state index contributed by atoms with van der Waals surface area (Å²) in [7, 11) is 3.55. The summed E-state index contributed by atoms with van der Waals surface area (Å²) in [6.45, 7) is 1.07. The number of carbonyl (C=O) groups excluding carboxylic acids is 1. The smallest absolute Gasteiger partial charge is 0.270 e. The lowest BCUT2D eigenvalue weighted by molar-refractivity contribution is -0.0213. The van der Waals surface area contributed by atoms with E-state index in [0.29, 0.717) is 31.6 Å². The molecule has 1 aromatic heterocycles. The molecule has 140 valence electrons. The van der Waals surface area contributed by atoms with Gasteiger partial charge in [0.05, 0.1) is 12.7 Å². The van der Waals surface area contributed by atoms with Crippen molar-refractivity contribution in [2.24, 2.45) is 7.05 Å². The van der Waals surface area contributed by atoms with Crippen LogP contribution in [-0.2, 0) is 12.6 Å². The summed E-state index contributed by atoms with van der Waals surface area (Å²) in [5.41, 5.74) is 1.72. The van der Waals surface area contributed by atoms with Crippen LogP contribution in [0.2, 0.25) is 0 Å². The van der Waals surface area contributed by atoms with E-state index in [1.54, 1.807) is 7.11 Å². The second-order valence-corrected chi connectivity index (χ2v) is 7.20. The van der Waals surface area contributed by atoms with Crippen molar-refractivity contribution >= 4 is 16.8 Å². The van der Waals surface area contributed by atoms with Gasteiger partial charge in [0.2, 0.25) is 0 Å². The Morgan fingerprint density at radius 2 is 1.78 bits per heavy atom. The maximum atomic E-state index is 13.1. The van der Waals surface area contributed by atoms with Gasteiger partial charge in [-0.15, -0.1) is 0 Å². The molecule has 1 N–H and O–H groups in total. The van der Waals surface area contributed by atoms with Crippen LogP contribution in [0.1, 0.15) is 28.9 Å². The van der Waals surface area contributed by atoms with Crippen molar-refractivity contribution in [1.82, 2.24) is 9.47 Å². The van der Waals surface area contributed by atoms with Gasteiger partial charge in [-0.3, -0.25) is 4.79 Å². The van der Waals surface area contributed by atoms with E-state index < -0.39 is 5.60 Å². The van der Waals surface area contributed by atoms with E-state index in [0.717, 1.165) is 22.2 Å². The number of ether oxygens (including phenoxy) is 1. The molecule has 1 fully saturated rings. The van der Waals surface area contributed by atoms with Gasteiger partial charge in [-0.25, -0.2) is 0 Å². The van der Waals surface area contributed by atoms with Gasteiger partial charge in [0, 0.05) is 31.0 Å². The van der Waals surface area contributed by atoms with E-state index in [1.807, 2.05) is 71.1 Å². The van der Waals surface area contributed by atoms with Crippen LogP contribution in [0.25, 0.3) is 10.9 Å². The van der Waals surface area contributed by atoms with Crippen LogP contribution in [0.4, 0.5) is 0 Å². The number of hydrogen-bond acceptors (Lipinski definition) is 3. The summed E-state index contributed by atoms with van der Waals surface area (Å²) < 4.78 is 7.21. The fraction of sp³-hybridized carbons (Fsp3) is 0.318. The van der Waals surface area contributed by atoms with Gasteiger partial charge in [0.25, 0.3) is 5.91 Å². The Hall–Kier alpha value is -2.79. The summed E-state index contributed by atoms with van der Waals surface area (Å²) in [5.74, 6) is 0.778. The maximum absolute atomic E-state index is 13.1. The van der Waals surface area contributed by atoms with Crippen molar-refractivity contribution in [3.63, 3.8) is 0 Å².